The van der Waals surface area contributed by atoms with E-state index in [9.17, 15) is 14.7 Å². The van der Waals surface area contributed by atoms with Crippen LogP contribution >= 0.6 is 0 Å². The zero-order chi connectivity index (χ0) is 17.6. The molecule has 1 amide bonds. The number of aromatic nitrogens is 2. The van der Waals surface area contributed by atoms with Crippen LogP contribution in [0.25, 0.3) is 0 Å². The number of carboxylic acids is 1. The molecule has 1 spiro atoms. The third-order valence-corrected chi connectivity index (χ3v) is 6.06. The van der Waals surface area contributed by atoms with Crippen LogP contribution in [0.15, 0.2) is 0 Å². The van der Waals surface area contributed by atoms with Gasteiger partial charge in [-0.1, -0.05) is 0 Å². The van der Waals surface area contributed by atoms with Gasteiger partial charge in [-0.3, -0.25) is 9.59 Å². The quantitative estimate of drug-likeness (QED) is 0.838. The maximum atomic E-state index is 11.8. The van der Waals surface area contributed by atoms with Gasteiger partial charge in [0.25, 0.3) is 0 Å². The normalized spacial score (nSPS) is 24.9. The summed E-state index contributed by atoms with van der Waals surface area (Å²) in [5.41, 5.74) is 2.93. The first-order chi connectivity index (χ1) is 12.0. The van der Waals surface area contributed by atoms with Crippen LogP contribution in [0.2, 0.25) is 0 Å². The van der Waals surface area contributed by atoms with E-state index < -0.39 is 17.4 Å². The number of hydrogen-bond acceptors (Lipinski definition) is 5. The fourth-order valence-corrected chi connectivity index (χ4v) is 4.61. The monoisotopic (exact) mass is 344 g/mol. The number of carbonyl (C=O) groups excluding carboxylic acids is 1. The lowest BCUT2D eigenvalue weighted by atomic mass is 9.78. The third kappa shape index (κ3) is 2.75. The molecule has 1 aromatic rings. The van der Waals surface area contributed by atoms with E-state index in [-0.39, 0.29) is 12.3 Å². The molecular formula is C18H24N4O3. The SMILES string of the molecule is Cc1nc(N2CCC3(CC2)NC(=O)CC3C(=O)O)nc2c1CCCC2. The predicted molar refractivity (Wildman–Crippen MR) is 91.5 cm³/mol. The van der Waals surface area contributed by atoms with Gasteiger partial charge in [0.2, 0.25) is 11.9 Å². The number of hydrogen-bond donors (Lipinski definition) is 2. The number of amides is 1. The van der Waals surface area contributed by atoms with Crippen molar-refractivity contribution in [3.05, 3.63) is 17.0 Å². The van der Waals surface area contributed by atoms with Crippen molar-refractivity contribution in [1.82, 2.24) is 15.3 Å². The van der Waals surface area contributed by atoms with Gasteiger partial charge in [0.15, 0.2) is 0 Å². The Bertz CT molecular complexity index is 725. The van der Waals surface area contributed by atoms with Crippen LogP contribution in [0.4, 0.5) is 5.95 Å². The average molecular weight is 344 g/mol. The molecule has 3 aliphatic rings. The molecule has 2 N–H and O–H groups in total. The molecule has 25 heavy (non-hydrogen) atoms. The molecule has 2 fully saturated rings. The second kappa shape index (κ2) is 5.97. The van der Waals surface area contributed by atoms with Crippen LogP contribution in [0.5, 0.6) is 0 Å². The first-order valence-corrected chi connectivity index (χ1v) is 9.14. The predicted octanol–water partition coefficient (Wildman–Crippen LogP) is 1.22. The zero-order valence-electron chi connectivity index (χ0n) is 14.5. The van der Waals surface area contributed by atoms with Gasteiger partial charge in [0, 0.05) is 30.9 Å². The number of rotatable bonds is 2. The highest BCUT2D eigenvalue weighted by Gasteiger charge is 2.51. The van der Waals surface area contributed by atoms with Crippen LogP contribution in [-0.2, 0) is 22.4 Å². The Kier molecular flexibility index (Phi) is 3.89. The summed E-state index contributed by atoms with van der Waals surface area (Å²) in [6, 6.07) is 0. The molecule has 1 aromatic heterocycles. The summed E-state index contributed by atoms with van der Waals surface area (Å²) in [7, 11) is 0. The third-order valence-electron chi connectivity index (χ3n) is 6.06. The minimum Gasteiger partial charge on any atom is -0.481 e. The van der Waals surface area contributed by atoms with Crippen molar-refractivity contribution in [3.63, 3.8) is 0 Å². The number of aliphatic carboxylic acids is 1. The van der Waals surface area contributed by atoms with Crippen molar-refractivity contribution in [2.45, 2.75) is 57.4 Å². The second-order valence-electron chi connectivity index (χ2n) is 7.53. The Morgan fingerprint density at radius 2 is 1.96 bits per heavy atom. The van der Waals surface area contributed by atoms with E-state index in [1.165, 1.54) is 24.1 Å². The second-order valence-corrected chi connectivity index (χ2v) is 7.53. The molecule has 2 saturated heterocycles. The summed E-state index contributed by atoms with van der Waals surface area (Å²) in [6.07, 6.45) is 5.79. The van der Waals surface area contributed by atoms with E-state index in [4.69, 9.17) is 9.97 Å². The summed E-state index contributed by atoms with van der Waals surface area (Å²) in [5.74, 6) is -0.910. The highest BCUT2D eigenvalue weighted by molar-refractivity contribution is 5.88. The minimum absolute atomic E-state index is 0.0871. The van der Waals surface area contributed by atoms with E-state index in [2.05, 4.69) is 17.1 Å². The first kappa shape index (κ1) is 16.3. The van der Waals surface area contributed by atoms with Crippen molar-refractivity contribution in [3.8, 4) is 0 Å². The maximum Gasteiger partial charge on any atom is 0.309 e. The summed E-state index contributed by atoms with van der Waals surface area (Å²) in [6.45, 7) is 3.39. The van der Waals surface area contributed by atoms with Gasteiger partial charge in [0.05, 0.1) is 11.5 Å². The molecule has 1 atom stereocenters. The molecule has 7 nitrogen and oxygen atoms in total. The highest BCUT2D eigenvalue weighted by Crippen LogP contribution is 2.37. The number of carbonyl (C=O) groups is 2. The lowest BCUT2D eigenvalue weighted by Crippen LogP contribution is -2.56. The maximum absolute atomic E-state index is 11.8. The molecule has 0 radical (unpaired) electrons. The lowest BCUT2D eigenvalue weighted by Gasteiger charge is -2.41. The Balaban J connectivity index is 1.53. The van der Waals surface area contributed by atoms with Gasteiger partial charge in [0.1, 0.15) is 0 Å². The van der Waals surface area contributed by atoms with Crippen LogP contribution in [0, 0.1) is 12.8 Å². The molecule has 7 heteroatoms. The van der Waals surface area contributed by atoms with Crippen molar-refractivity contribution >= 4 is 17.8 Å². The van der Waals surface area contributed by atoms with E-state index in [0.29, 0.717) is 25.9 Å². The molecule has 2 aliphatic heterocycles. The fraction of sp³-hybridized carbons (Fsp3) is 0.667. The van der Waals surface area contributed by atoms with Gasteiger partial charge < -0.3 is 15.3 Å². The van der Waals surface area contributed by atoms with E-state index in [0.717, 1.165) is 24.5 Å². The minimum atomic E-state index is -0.882. The molecule has 1 aliphatic carbocycles. The Hall–Kier alpha value is -2.18. The van der Waals surface area contributed by atoms with Gasteiger partial charge in [-0.2, -0.15) is 0 Å². The van der Waals surface area contributed by atoms with Crippen molar-refractivity contribution < 1.29 is 14.7 Å². The van der Waals surface area contributed by atoms with Crippen molar-refractivity contribution in [2.24, 2.45) is 5.92 Å². The van der Waals surface area contributed by atoms with Crippen LogP contribution in [0.1, 0.15) is 49.1 Å². The summed E-state index contributed by atoms with van der Waals surface area (Å²) >= 11 is 0. The van der Waals surface area contributed by atoms with Gasteiger partial charge in [-0.15, -0.1) is 0 Å². The molecule has 0 saturated carbocycles. The topological polar surface area (TPSA) is 95.4 Å². The Morgan fingerprint density at radius 1 is 1.24 bits per heavy atom. The number of aryl methyl sites for hydroxylation is 2. The molecule has 1 unspecified atom stereocenters. The smallest absolute Gasteiger partial charge is 0.309 e. The van der Waals surface area contributed by atoms with Crippen molar-refractivity contribution in [2.75, 3.05) is 18.0 Å². The van der Waals surface area contributed by atoms with E-state index >= 15 is 0 Å². The fourth-order valence-electron chi connectivity index (χ4n) is 4.61. The summed E-state index contributed by atoms with van der Waals surface area (Å²) in [4.78, 5) is 35.0. The summed E-state index contributed by atoms with van der Waals surface area (Å²) < 4.78 is 0. The molecule has 0 aromatic carbocycles. The number of carboxylic acid groups (broad SMARTS) is 1. The molecular weight excluding hydrogens is 320 g/mol. The Labute approximate surface area is 146 Å². The van der Waals surface area contributed by atoms with Gasteiger partial charge in [-0.25, -0.2) is 9.97 Å². The van der Waals surface area contributed by atoms with Crippen LogP contribution < -0.4 is 10.2 Å². The van der Waals surface area contributed by atoms with Gasteiger partial charge >= 0.3 is 5.97 Å². The number of fused-ring (bicyclic) bond motifs is 1. The number of nitrogens with one attached hydrogen (secondary N) is 1. The van der Waals surface area contributed by atoms with Gasteiger partial charge in [-0.05, 0) is 51.0 Å². The number of nitrogens with zero attached hydrogens (tertiary/aromatic N) is 3. The van der Waals surface area contributed by atoms with Crippen LogP contribution in [0.3, 0.4) is 0 Å². The summed E-state index contributed by atoms with van der Waals surface area (Å²) in [5, 5.41) is 12.4. The number of anilines is 1. The number of piperidine rings is 1. The lowest BCUT2D eigenvalue weighted by molar-refractivity contribution is -0.144. The highest BCUT2D eigenvalue weighted by atomic mass is 16.4. The molecule has 3 heterocycles. The Morgan fingerprint density at radius 3 is 2.68 bits per heavy atom. The largest absolute Gasteiger partial charge is 0.481 e. The van der Waals surface area contributed by atoms with Crippen molar-refractivity contribution in [1.29, 1.82) is 0 Å². The van der Waals surface area contributed by atoms with Crippen LogP contribution in [-0.4, -0.2) is 45.6 Å². The average Bonchev–Trinajstić information content (AvgIpc) is 2.92. The standard InChI is InChI=1S/C18H24N4O3/c1-11-12-4-2-3-5-14(12)20-17(19-11)22-8-6-18(7-9-22)13(16(24)25)10-15(23)21-18/h13H,2-10H2,1H3,(H,21,23)(H,24,25). The molecule has 0 bridgehead atoms. The van der Waals surface area contributed by atoms with E-state index in [1.807, 2.05) is 0 Å². The molecule has 134 valence electrons. The first-order valence-electron chi connectivity index (χ1n) is 9.14. The zero-order valence-corrected chi connectivity index (χ0v) is 14.5. The van der Waals surface area contributed by atoms with E-state index in [1.54, 1.807) is 0 Å². The molecule has 4 rings (SSSR count).